The Hall–Kier alpha value is -2.20. The van der Waals surface area contributed by atoms with Crippen molar-refractivity contribution in [2.45, 2.75) is 13.1 Å². The summed E-state index contributed by atoms with van der Waals surface area (Å²) in [6, 6.07) is 13.1. The summed E-state index contributed by atoms with van der Waals surface area (Å²) < 4.78 is 12.8. The van der Waals surface area contributed by atoms with Crippen molar-refractivity contribution in [1.82, 2.24) is 5.32 Å². The molecule has 3 nitrogen and oxygen atoms in total. The van der Waals surface area contributed by atoms with E-state index < -0.39 is 0 Å². The summed E-state index contributed by atoms with van der Waals surface area (Å²) in [5.74, 6) is -0.586. The highest BCUT2D eigenvalue weighted by molar-refractivity contribution is 5.94. The van der Waals surface area contributed by atoms with Gasteiger partial charge in [-0.25, -0.2) is 4.39 Å². The predicted molar refractivity (Wildman–Crippen MR) is 71.9 cm³/mol. The van der Waals surface area contributed by atoms with Crippen molar-refractivity contribution in [3.05, 3.63) is 71.0 Å². The summed E-state index contributed by atoms with van der Waals surface area (Å²) in [7, 11) is 0. The van der Waals surface area contributed by atoms with E-state index in [4.69, 9.17) is 5.73 Å². The van der Waals surface area contributed by atoms with Crippen LogP contribution in [-0.2, 0) is 13.1 Å². The van der Waals surface area contributed by atoms with Crippen LogP contribution in [-0.4, -0.2) is 5.91 Å². The first-order valence-corrected chi connectivity index (χ1v) is 6.01. The molecule has 0 aliphatic heterocycles. The zero-order valence-corrected chi connectivity index (χ0v) is 10.4. The molecule has 0 saturated carbocycles. The minimum absolute atomic E-state index is 0.230. The Kier molecular flexibility index (Phi) is 4.26. The van der Waals surface area contributed by atoms with Crippen LogP contribution in [0.5, 0.6) is 0 Å². The van der Waals surface area contributed by atoms with Gasteiger partial charge in [0.15, 0.2) is 0 Å². The molecule has 0 aliphatic carbocycles. The van der Waals surface area contributed by atoms with Gasteiger partial charge in [-0.05, 0) is 35.4 Å². The molecular formula is C15H15FN2O. The molecule has 19 heavy (non-hydrogen) atoms. The van der Waals surface area contributed by atoms with Gasteiger partial charge in [0.05, 0.1) is 0 Å². The maximum absolute atomic E-state index is 12.8. The second-order valence-electron chi connectivity index (χ2n) is 4.16. The first kappa shape index (κ1) is 13.2. The minimum Gasteiger partial charge on any atom is -0.348 e. The summed E-state index contributed by atoms with van der Waals surface area (Å²) in [6.07, 6.45) is 0. The second-order valence-corrected chi connectivity index (χ2v) is 4.16. The molecule has 1 amide bonds. The van der Waals surface area contributed by atoms with Crippen molar-refractivity contribution in [1.29, 1.82) is 0 Å². The third kappa shape index (κ3) is 3.39. The Labute approximate surface area is 111 Å². The number of rotatable bonds is 4. The minimum atomic E-state index is -0.356. The number of nitrogens with two attached hydrogens (primary N) is 1. The summed E-state index contributed by atoms with van der Waals surface area (Å²) >= 11 is 0. The van der Waals surface area contributed by atoms with Gasteiger partial charge in [-0.2, -0.15) is 0 Å². The quantitative estimate of drug-likeness (QED) is 0.883. The number of amides is 1. The molecule has 98 valence electrons. The zero-order chi connectivity index (χ0) is 13.7. The van der Waals surface area contributed by atoms with E-state index >= 15 is 0 Å². The monoisotopic (exact) mass is 258 g/mol. The highest BCUT2D eigenvalue weighted by atomic mass is 19.1. The van der Waals surface area contributed by atoms with Crippen molar-refractivity contribution >= 4 is 5.91 Å². The van der Waals surface area contributed by atoms with Gasteiger partial charge in [-0.15, -0.1) is 0 Å². The van der Waals surface area contributed by atoms with Gasteiger partial charge in [0.2, 0.25) is 0 Å². The molecule has 0 aromatic heterocycles. The molecule has 0 atom stereocenters. The number of halogens is 1. The molecule has 0 radical (unpaired) electrons. The number of carbonyl (C=O) groups excluding carboxylic acids is 1. The Bertz CT molecular complexity index is 567. The SMILES string of the molecule is NCc1ccccc1CNC(=O)c1ccc(F)cc1. The Morgan fingerprint density at radius 1 is 1.05 bits per heavy atom. The van der Waals surface area contributed by atoms with Crippen LogP contribution in [0, 0.1) is 5.82 Å². The van der Waals surface area contributed by atoms with E-state index in [0.717, 1.165) is 11.1 Å². The lowest BCUT2D eigenvalue weighted by Crippen LogP contribution is -2.23. The molecule has 0 spiro atoms. The maximum atomic E-state index is 12.8. The van der Waals surface area contributed by atoms with E-state index in [1.807, 2.05) is 24.3 Å². The fourth-order valence-corrected chi connectivity index (χ4v) is 1.81. The van der Waals surface area contributed by atoms with Gasteiger partial charge in [-0.1, -0.05) is 24.3 Å². The zero-order valence-electron chi connectivity index (χ0n) is 10.4. The molecule has 0 bridgehead atoms. The van der Waals surface area contributed by atoms with Crippen LogP contribution in [0.2, 0.25) is 0 Å². The Balaban J connectivity index is 2.02. The topological polar surface area (TPSA) is 55.1 Å². The van der Waals surface area contributed by atoms with E-state index in [1.165, 1.54) is 24.3 Å². The fraction of sp³-hybridized carbons (Fsp3) is 0.133. The van der Waals surface area contributed by atoms with Gasteiger partial charge in [0, 0.05) is 18.7 Å². The smallest absolute Gasteiger partial charge is 0.251 e. The van der Waals surface area contributed by atoms with Crippen LogP contribution < -0.4 is 11.1 Å². The highest BCUT2D eigenvalue weighted by Gasteiger charge is 2.06. The normalized spacial score (nSPS) is 10.2. The molecule has 3 N–H and O–H groups in total. The Morgan fingerprint density at radius 2 is 1.68 bits per heavy atom. The lowest BCUT2D eigenvalue weighted by atomic mass is 10.1. The first-order valence-electron chi connectivity index (χ1n) is 6.01. The number of benzene rings is 2. The molecule has 0 unspecified atom stereocenters. The van der Waals surface area contributed by atoms with Crippen LogP contribution in [0.4, 0.5) is 4.39 Å². The molecular weight excluding hydrogens is 243 g/mol. The molecule has 0 aliphatic rings. The standard InChI is InChI=1S/C15H15FN2O/c16-14-7-5-11(6-8-14)15(19)18-10-13-4-2-1-3-12(13)9-17/h1-8H,9-10,17H2,(H,18,19). The van der Waals surface area contributed by atoms with Gasteiger partial charge in [-0.3, -0.25) is 4.79 Å². The second kappa shape index (κ2) is 6.11. The number of nitrogens with one attached hydrogen (secondary N) is 1. The molecule has 4 heteroatoms. The van der Waals surface area contributed by atoms with Crippen LogP contribution >= 0.6 is 0 Å². The van der Waals surface area contributed by atoms with Gasteiger partial charge in [0.1, 0.15) is 5.82 Å². The van der Waals surface area contributed by atoms with E-state index in [0.29, 0.717) is 18.7 Å². The first-order chi connectivity index (χ1) is 9.20. The molecule has 2 aromatic rings. The van der Waals surface area contributed by atoms with Gasteiger partial charge in [0.25, 0.3) is 5.91 Å². The fourth-order valence-electron chi connectivity index (χ4n) is 1.81. The molecule has 2 aromatic carbocycles. The predicted octanol–water partition coefficient (Wildman–Crippen LogP) is 2.21. The van der Waals surface area contributed by atoms with Crippen molar-refractivity contribution in [3.8, 4) is 0 Å². The number of carbonyl (C=O) groups is 1. The van der Waals surface area contributed by atoms with Gasteiger partial charge < -0.3 is 11.1 Å². The lowest BCUT2D eigenvalue weighted by Gasteiger charge is -2.09. The molecule has 2 rings (SSSR count). The van der Waals surface area contributed by atoms with E-state index in [9.17, 15) is 9.18 Å². The summed E-state index contributed by atoms with van der Waals surface area (Å²) in [5, 5.41) is 2.79. The van der Waals surface area contributed by atoms with Crippen LogP contribution in [0.25, 0.3) is 0 Å². The van der Waals surface area contributed by atoms with Gasteiger partial charge >= 0.3 is 0 Å². The van der Waals surface area contributed by atoms with Crippen molar-refractivity contribution in [2.75, 3.05) is 0 Å². The van der Waals surface area contributed by atoms with E-state index in [2.05, 4.69) is 5.32 Å². The Morgan fingerprint density at radius 3 is 2.32 bits per heavy atom. The largest absolute Gasteiger partial charge is 0.348 e. The number of hydrogen-bond acceptors (Lipinski definition) is 2. The third-order valence-corrected chi connectivity index (χ3v) is 2.88. The lowest BCUT2D eigenvalue weighted by molar-refractivity contribution is 0.0951. The third-order valence-electron chi connectivity index (χ3n) is 2.88. The molecule has 0 fully saturated rings. The average Bonchev–Trinajstić information content (AvgIpc) is 2.45. The van der Waals surface area contributed by atoms with E-state index in [-0.39, 0.29) is 11.7 Å². The summed E-state index contributed by atoms with van der Waals surface area (Å²) in [6.45, 7) is 0.839. The van der Waals surface area contributed by atoms with Crippen LogP contribution in [0.3, 0.4) is 0 Å². The number of hydrogen-bond donors (Lipinski definition) is 2. The molecule has 0 heterocycles. The van der Waals surface area contributed by atoms with Crippen LogP contribution in [0.1, 0.15) is 21.5 Å². The summed E-state index contributed by atoms with van der Waals surface area (Å²) in [4.78, 5) is 11.9. The average molecular weight is 258 g/mol. The van der Waals surface area contributed by atoms with Crippen LogP contribution in [0.15, 0.2) is 48.5 Å². The molecule has 0 saturated heterocycles. The maximum Gasteiger partial charge on any atom is 0.251 e. The van der Waals surface area contributed by atoms with Crippen molar-refractivity contribution in [3.63, 3.8) is 0 Å². The summed E-state index contributed by atoms with van der Waals surface area (Å²) in [5.41, 5.74) is 8.06. The van der Waals surface area contributed by atoms with Crippen molar-refractivity contribution in [2.24, 2.45) is 5.73 Å². The van der Waals surface area contributed by atoms with E-state index in [1.54, 1.807) is 0 Å². The van der Waals surface area contributed by atoms with Crippen molar-refractivity contribution < 1.29 is 9.18 Å². The highest BCUT2D eigenvalue weighted by Crippen LogP contribution is 2.08.